The van der Waals surface area contributed by atoms with Crippen LogP contribution in [0, 0.1) is 11.3 Å². The van der Waals surface area contributed by atoms with Crippen molar-refractivity contribution in [1.82, 2.24) is 5.32 Å². The minimum Gasteiger partial charge on any atom is -0.368 e. The Morgan fingerprint density at radius 2 is 2.27 bits per heavy atom. The molecule has 0 aliphatic carbocycles. The van der Waals surface area contributed by atoms with E-state index in [9.17, 15) is 4.79 Å². The van der Waals surface area contributed by atoms with Gasteiger partial charge in [0.05, 0.1) is 17.7 Å². The molecule has 0 saturated carbocycles. The van der Waals surface area contributed by atoms with E-state index in [1.807, 2.05) is 12.1 Å². The van der Waals surface area contributed by atoms with Crippen LogP contribution in [0.2, 0.25) is 0 Å². The van der Waals surface area contributed by atoms with Gasteiger partial charge in [0, 0.05) is 6.54 Å². The fourth-order valence-corrected chi connectivity index (χ4v) is 1.15. The SMILES string of the molecule is CC(NCc1ccccc1C#N)C(N)=O. The van der Waals surface area contributed by atoms with E-state index in [1.54, 1.807) is 19.1 Å². The van der Waals surface area contributed by atoms with E-state index in [-0.39, 0.29) is 0 Å². The summed E-state index contributed by atoms with van der Waals surface area (Å²) in [6.45, 7) is 2.16. The summed E-state index contributed by atoms with van der Waals surface area (Å²) >= 11 is 0. The predicted molar refractivity (Wildman–Crippen MR) is 56.7 cm³/mol. The zero-order valence-corrected chi connectivity index (χ0v) is 8.53. The second-order valence-corrected chi connectivity index (χ2v) is 3.27. The summed E-state index contributed by atoms with van der Waals surface area (Å²) in [5, 5.41) is 11.8. The van der Waals surface area contributed by atoms with Crippen molar-refractivity contribution in [3.8, 4) is 6.07 Å². The monoisotopic (exact) mass is 203 g/mol. The first kappa shape index (κ1) is 11.2. The summed E-state index contributed by atoms with van der Waals surface area (Å²) in [6, 6.07) is 8.95. The van der Waals surface area contributed by atoms with Crippen LogP contribution in [-0.4, -0.2) is 11.9 Å². The van der Waals surface area contributed by atoms with Gasteiger partial charge < -0.3 is 11.1 Å². The lowest BCUT2D eigenvalue weighted by Crippen LogP contribution is -2.38. The molecule has 15 heavy (non-hydrogen) atoms. The Labute approximate surface area is 88.7 Å². The molecule has 0 radical (unpaired) electrons. The van der Waals surface area contributed by atoms with E-state index in [1.165, 1.54) is 0 Å². The second kappa shape index (κ2) is 5.13. The number of benzene rings is 1. The highest BCUT2D eigenvalue weighted by molar-refractivity contribution is 5.79. The first-order valence-electron chi connectivity index (χ1n) is 4.66. The van der Waals surface area contributed by atoms with Crippen LogP contribution >= 0.6 is 0 Å². The largest absolute Gasteiger partial charge is 0.368 e. The number of hydrogen-bond acceptors (Lipinski definition) is 3. The lowest BCUT2D eigenvalue weighted by Gasteiger charge is -2.10. The fourth-order valence-electron chi connectivity index (χ4n) is 1.15. The molecule has 0 spiro atoms. The van der Waals surface area contributed by atoms with Crippen LogP contribution in [-0.2, 0) is 11.3 Å². The quantitative estimate of drug-likeness (QED) is 0.748. The van der Waals surface area contributed by atoms with E-state index in [0.717, 1.165) is 5.56 Å². The van der Waals surface area contributed by atoms with Gasteiger partial charge >= 0.3 is 0 Å². The number of nitriles is 1. The highest BCUT2D eigenvalue weighted by Gasteiger charge is 2.08. The highest BCUT2D eigenvalue weighted by atomic mass is 16.1. The lowest BCUT2D eigenvalue weighted by molar-refractivity contribution is -0.119. The molecule has 1 aromatic carbocycles. The van der Waals surface area contributed by atoms with Crippen molar-refractivity contribution in [2.45, 2.75) is 19.5 Å². The number of hydrogen-bond donors (Lipinski definition) is 2. The third-order valence-electron chi connectivity index (χ3n) is 2.16. The van der Waals surface area contributed by atoms with Gasteiger partial charge in [-0.25, -0.2) is 0 Å². The summed E-state index contributed by atoms with van der Waals surface area (Å²) in [5.41, 5.74) is 6.59. The molecule has 4 heteroatoms. The van der Waals surface area contributed by atoms with Gasteiger partial charge in [-0.1, -0.05) is 18.2 Å². The molecular formula is C11H13N3O. The molecule has 78 valence electrons. The normalized spacial score (nSPS) is 11.7. The maximum atomic E-state index is 10.8. The van der Waals surface area contributed by atoms with Gasteiger partial charge in [-0.15, -0.1) is 0 Å². The second-order valence-electron chi connectivity index (χ2n) is 3.27. The first-order valence-corrected chi connectivity index (χ1v) is 4.66. The Kier molecular flexibility index (Phi) is 3.83. The molecule has 1 amide bonds. The third-order valence-corrected chi connectivity index (χ3v) is 2.16. The summed E-state index contributed by atoms with van der Waals surface area (Å²) in [4.78, 5) is 10.8. The lowest BCUT2D eigenvalue weighted by atomic mass is 10.1. The molecule has 0 aliphatic heterocycles. The Hall–Kier alpha value is -1.86. The number of carbonyl (C=O) groups excluding carboxylic acids is 1. The van der Waals surface area contributed by atoms with Crippen LogP contribution in [0.4, 0.5) is 0 Å². The third kappa shape index (κ3) is 3.08. The minimum atomic E-state index is -0.399. The molecule has 1 rings (SSSR count). The van der Waals surface area contributed by atoms with Crippen LogP contribution in [0.1, 0.15) is 18.1 Å². The standard InChI is InChI=1S/C11H13N3O/c1-8(11(13)15)14-7-10-5-3-2-4-9(10)6-12/h2-5,8,14H,7H2,1H3,(H2,13,15). The van der Waals surface area contributed by atoms with E-state index < -0.39 is 11.9 Å². The average Bonchev–Trinajstić information content (AvgIpc) is 2.26. The molecule has 0 bridgehead atoms. The number of nitrogens with zero attached hydrogens (tertiary/aromatic N) is 1. The highest BCUT2D eigenvalue weighted by Crippen LogP contribution is 2.06. The molecule has 0 heterocycles. The van der Waals surface area contributed by atoms with E-state index in [2.05, 4.69) is 11.4 Å². The van der Waals surface area contributed by atoms with Crippen molar-refractivity contribution in [3.05, 3.63) is 35.4 Å². The Balaban J connectivity index is 2.66. The summed E-state index contributed by atoms with van der Waals surface area (Å²) in [5.74, 6) is -0.399. The first-order chi connectivity index (χ1) is 7.15. The van der Waals surface area contributed by atoms with Gasteiger partial charge in [0.2, 0.25) is 5.91 Å². The van der Waals surface area contributed by atoms with Crippen LogP contribution < -0.4 is 11.1 Å². The van der Waals surface area contributed by atoms with Crippen LogP contribution in [0.3, 0.4) is 0 Å². The zero-order valence-electron chi connectivity index (χ0n) is 8.53. The molecule has 0 fully saturated rings. The minimum absolute atomic E-state index is 0.392. The molecular weight excluding hydrogens is 190 g/mol. The van der Waals surface area contributed by atoms with Gasteiger partial charge in [0.1, 0.15) is 0 Å². The maximum Gasteiger partial charge on any atom is 0.234 e. The van der Waals surface area contributed by atoms with Crippen LogP contribution in [0.25, 0.3) is 0 Å². The molecule has 1 unspecified atom stereocenters. The number of carbonyl (C=O) groups is 1. The molecule has 0 aromatic heterocycles. The molecule has 4 nitrogen and oxygen atoms in total. The average molecular weight is 203 g/mol. The predicted octanol–water partition coefficient (Wildman–Crippen LogP) is 0.522. The number of amides is 1. The molecule has 1 aromatic rings. The number of primary amides is 1. The van der Waals surface area contributed by atoms with Crippen molar-refractivity contribution in [1.29, 1.82) is 5.26 Å². The fraction of sp³-hybridized carbons (Fsp3) is 0.273. The zero-order chi connectivity index (χ0) is 11.3. The molecule has 1 atom stereocenters. The molecule has 3 N–H and O–H groups in total. The van der Waals surface area contributed by atoms with Gasteiger partial charge in [0.15, 0.2) is 0 Å². The number of nitrogens with one attached hydrogen (secondary N) is 1. The summed E-state index contributed by atoms with van der Waals surface area (Å²) in [7, 11) is 0. The molecule has 0 saturated heterocycles. The maximum absolute atomic E-state index is 10.8. The van der Waals surface area contributed by atoms with E-state index in [4.69, 9.17) is 11.0 Å². The molecule has 0 aliphatic rings. The Morgan fingerprint density at radius 3 is 2.87 bits per heavy atom. The van der Waals surface area contributed by atoms with Crippen molar-refractivity contribution in [3.63, 3.8) is 0 Å². The van der Waals surface area contributed by atoms with Crippen LogP contribution in [0.5, 0.6) is 0 Å². The smallest absolute Gasteiger partial charge is 0.234 e. The topological polar surface area (TPSA) is 78.9 Å². The summed E-state index contributed by atoms with van der Waals surface area (Å²) in [6.07, 6.45) is 0. The van der Waals surface area contributed by atoms with Gasteiger partial charge in [0.25, 0.3) is 0 Å². The van der Waals surface area contributed by atoms with Crippen LogP contribution in [0.15, 0.2) is 24.3 Å². The van der Waals surface area contributed by atoms with Crippen molar-refractivity contribution >= 4 is 5.91 Å². The van der Waals surface area contributed by atoms with Gasteiger partial charge in [-0.3, -0.25) is 4.79 Å². The Morgan fingerprint density at radius 1 is 1.60 bits per heavy atom. The van der Waals surface area contributed by atoms with Gasteiger partial charge in [-0.2, -0.15) is 5.26 Å². The van der Waals surface area contributed by atoms with Crippen molar-refractivity contribution < 1.29 is 4.79 Å². The van der Waals surface area contributed by atoms with Crippen molar-refractivity contribution in [2.24, 2.45) is 5.73 Å². The Bertz CT molecular complexity index is 395. The summed E-state index contributed by atoms with van der Waals surface area (Å²) < 4.78 is 0. The number of rotatable bonds is 4. The number of nitrogens with two attached hydrogens (primary N) is 1. The van der Waals surface area contributed by atoms with E-state index >= 15 is 0 Å². The van der Waals surface area contributed by atoms with Gasteiger partial charge in [-0.05, 0) is 18.6 Å². The van der Waals surface area contributed by atoms with E-state index in [0.29, 0.717) is 12.1 Å². The van der Waals surface area contributed by atoms with Crippen molar-refractivity contribution in [2.75, 3.05) is 0 Å².